The van der Waals surface area contributed by atoms with Crippen LogP contribution in [0.3, 0.4) is 0 Å². The van der Waals surface area contributed by atoms with E-state index >= 15 is 0 Å². The lowest BCUT2D eigenvalue weighted by molar-refractivity contribution is -0.120. The van der Waals surface area contributed by atoms with E-state index in [1.54, 1.807) is 36.3 Å². The number of nitrogens with zero attached hydrogens (tertiary/aromatic N) is 3. The maximum Gasteiger partial charge on any atom is 0.264 e. The van der Waals surface area contributed by atoms with Gasteiger partial charge in [0.2, 0.25) is 5.95 Å². The number of carbonyl (C=O) groups excluding carboxylic acids is 1. The average molecular weight is 350 g/mol. The predicted molar refractivity (Wildman–Crippen MR) is 96.1 cm³/mol. The Kier molecular flexibility index (Phi) is 3.96. The third-order valence-corrected chi connectivity index (χ3v) is 4.08. The van der Waals surface area contributed by atoms with Crippen LogP contribution in [0.1, 0.15) is 0 Å². The number of hydrogen-bond acceptors (Lipinski definition) is 5. The van der Waals surface area contributed by atoms with Crippen LogP contribution in [0.5, 0.6) is 5.75 Å². The summed E-state index contributed by atoms with van der Waals surface area (Å²) in [4.78, 5) is 22.0. The van der Waals surface area contributed by atoms with Crippen molar-refractivity contribution in [3.05, 3.63) is 60.5 Å². The van der Waals surface area contributed by atoms with Gasteiger partial charge in [-0.25, -0.2) is 14.4 Å². The second-order valence-corrected chi connectivity index (χ2v) is 5.82. The minimum absolute atomic E-state index is 0.0397. The molecule has 26 heavy (non-hydrogen) atoms. The molecule has 1 amide bonds. The van der Waals surface area contributed by atoms with Crippen LogP contribution in [0.4, 0.5) is 21.7 Å². The highest BCUT2D eigenvalue weighted by molar-refractivity contribution is 5.98. The van der Waals surface area contributed by atoms with Gasteiger partial charge in [-0.1, -0.05) is 6.07 Å². The fraction of sp³-hybridized carbons (Fsp3) is 0.105. The van der Waals surface area contributed by atoms with Gasteiger partial charge in [0.05, 0.1) is 11.4 Å². The van der Waals surface area contributed by atoms with Crippen LogP contribution in [0.2, 0.25) is 0 Å². The van der Waals surface area contributed by atoms with Gasteiger partial charge in [0.15, 0.2) is 6.61 Å². The summed E-state index contributed by atoms with van der Waals surface area (Å²) in [7, 11) is 1.71. The van der Waals surface area contributed by atoms with Crippen molar-refractivity contribution in [1.29, 1.82) is 0 Å². The van der Waals surface area contributed by atoms with E-state index in [4.69, 9.17) is 4.74 Å². The van der Waals surface area contributed by atoms with Gasteiger partial charge in [-0.05, 0) is 42.5 Å². The molecule has 0 unspecified atom stereocenters. The van der Waals surface area contributed by atoms with Crippen molar-refractivity contribution in [2.24, 2.45) is 0 Å². The first-order chi connectivity index (χ1) is 12.6. The minimum atomic E-state index is -0.339. The Bertz CT molecular complexity index is 993. The van der Waals surface area contributed by atoms with Gasteiger partial charge in [0, 0.05) is 24.5 Å². The summed E-state index contributed by atoms with van der Waals surface area (Å²) in [5, 5.41) is 2.98. The number of halogens is 1. The van der Waals surface area contributed by atoms with Gasteiger partial charge in [-0.15, -0.1) is 0 Å². The molecule has 0 saturated heterocycles. The molecule has 0 aliphatic carbocycles. The van der Waals surface area contributed by atoms with E-state index in [1.165, 1.54) is 12.1 Å². The van der Waals surface area contributed by atoms with E-state index in [9.17, 15) is 9.18 Å². The van der Waals surface area contributed by atoms with Gasteiger partial charge in [-0.3, -0.25) is 4.79 Å². The zero-order chi connectivity index (χ0) is 18.1. The quantitative estimate of drug-likeness (QED) is 0.784. The molecule has 3 aromatic rings. The summed E-state index contributed by atoms with van der Waals surface area (Å²) >= 11 is 0. The monoisotopic (exact) mass is 350 g/mol. The Labute approximate surface area is 149 Å². The molecule has 1 aliphatic rings. The lowest BCUT2D eigenvalue weighted by Crippen LogP contribution is -2.35. The number of benzene rings is 2. The number of fused-ring (bicyclic) bond motifs is 1. The summed E-state index contributed by atoms with van der Waals surface area (Å²) in [6.45, 7) is 0.0397. The molecule has 1 aromatic heterocycles. The first kappa shape index (κ1) is 16.0. The third-order valence-electron chi connectivity index (χ3n) is 4.08. The summed E-state index contributed by atoms with van der Waals surface area (Å²) < 4.78 is 18.8. The van der Waals surface area contributed by atoms with E-state index in [2.05, 4.69) is 15.3 Å². The van der Waals surface area contributed by atoms with E-state index in [1.807, 2.05) is 18.2 Å². The second-order valence-electron chi connectivity index (χ2n) is 5.82. The minimum Gasteiger partial charge on any atom is -0.482 e. The van der Waals surface area contributed by atoms with Crippen molar-refractivity contribution in [1.82, 2.24) is 9.97 Å². The van der Waals surface area contributed by atoms with Gasteiger partial charge < -0.3 is 15.0 Å². The van der Waals surface area contributed by atoms with Crippen LogP contribution in [0.25, 0.3) is 11.3 Å². The Morgan fingerprint density at radius 3 is 2.92 bits per heavy atom. The van der Waals surface area contributed by atoms with Crippen LogP contribution in [0.15, 0.2) is 54.7 Å². The molecule has 2 aromatic carbocycles. The van der Waals surface area contributed by atoms with E-state index < -0.39 is 0 Å². The van der Waals surface area contributed by atoms with Crippen LogP contribution < -0.4 is 15.0 Å². The fourth-order valence-corrected chi connectivity index (χ4v) is 2.71. The van der Waals surface area contributed by atoms with Crippen LogP contribution >= 0.6 is 0 Å². The number of rotatable bonds is 3. The Balaban J connectivity index is 1.66. The molecule has 0 fully saturated rings. The number of anilines is 3. The van der Waals surface area contributed by atoms with Crippen molar-refractivity contribution in [3.8, 4) is 17.0 Å². The van der Waals surface area contributed by atoms with E-state index in [0.29, 0.717) is 28.8 Å². The molecule has 4 rings (SSSR count). The highest BCUT2D eigenvalue weighted by Crippen LogP contribution is 2.35. The number of hydrogen-bond donors (Lipinski definition) is 1. The summed E-state index contributed by atoms with van der Waals surface area (Å²) in [6.07, 6.45) is 1.62. The van der Waals surface area contributed by atoms with Gasteiger partial charge in [0.1, 0.15) is 11.6 Å². The lowest BCUT2D eigenvalue weighted by atomic mass is 10.1. The number of likely N-dealkylation sites (N-methyl/N-ethyl adjacent to an activating group) is 1. The maximum atomic E-state index is 13.3. The number of amides is 1. The molecule has 0 saturated carbocycles. The normalized spacial score (nSPS) is 13.2. The molecule has 6 nitrogen and oxygen atoms in total. The maximum absolute atomic E-state index is 13.3. The molecule has 0 radical (unpaired) electrons. The molecule has 0 spiro atoms. The zero-order valence-corrected chi connectivity index (χ0v) is 13.9. The Morgan fingerprint density at radius 1 is 1.19 bits per heavy atom. The molecule has 1 N–H and O–H groups in total. The molecule has 0 bridgehead atoms. The standard InChI is InChI=1S/C19H15FN4O2/c1-24-16-9-12(5-6-17(16)26-11-18(24)25)15-7-8-21-19(23-15)22-14-4-2-3-13(20)10-14/h2-10H,11H2,1H3,(H,21,22,23). The molecular formula is C19H15FN4O2. The average Bonchev–Trinajstić information content (AvgIpc) is 2.65. The van der Waals surface area contributed by atoms with Gasteiger partial charge in [0.25, 0.3) is 5.91 Å². The summed E-state index contributed by atoms with van der Waals surface area (Å²) in [5.74, 6) is 0.564. The van der Waals surface area contributed by atoms with Crippen molar-refractivity contribution < 1.29 is 13.9 Å². The highest BCUT2D eigenvalue weighted by Gasteiger charge is 2.22. The van der Waals surface area contributed by atoms with Crippen LogP contribution in [-0.2, 0) is 4.79 Å². The molecular weight excluding hydrogens is 335 g/mol. The highest BCUT2D eigenvalue weighted by atomic mass is 19.1. The second kappa shape index (κ2) is 6.44. The Hall–Kier alpha value is -3.48. The summed E-state index contributed by atoms with van der Waals surface area (Å²) in [6, 6.07) is 13.4. The van der Waals surface area contributed by atoms with Crippen molar-refractivity contribution in [2.45, 2.75) is 0 Å². The molecule has 0 atom stereocenters. The van der Waals surface area contributed by atoms with Crippen LogP contribution in [0, 0.1) is 5.82 Å². The summed E-state index contributed by atoms with van der Waals surface area (Å²) in [5.41, 5.74) is 2.75. The number of aromatic nitrogens is 2. The first-order valence-corrected chi connectivity index (χ1v) is 7.99. The molecule has 2 heterocycles. The number of ether oxygens (including phenoxy) is 1. The van der Waals surface area contributed by atoms with Crippen molar-refractivity contribution in [2.75, 3.05) is 23.9 Å². The zero-order valence-electron chi connectivity index (χ0n) is 13.9. The smallest absolute Gasteiger partial charge is 0.264 e. The van der Waals surface area contributed by atoms with Crippen molar-refractivity contribution in [3.63, 3.8) is 0 Å². The lowest BCUT2D eigenvalue weighted by Gasteiger charge is -2.26. The fourth-order valence-electron chi connectivity index (χ4n) is 2.71. The van der Waals surface area contributed by atoms with E-state index in [0.717, 1.165) is 5.56 Å². The predicted octanol–water partition coefficient (Wildman–Crippen LogP) is 3.38. The topological polar surface area (TPSA) is 67.4 Å². The molecule has 130 valence electrons. The van der Waals surface area contributed by atoms with Crippen LogP contribution in [-0.4, -0.2) is 29.5 Å². The third kappa shape index (κ3) is 3.06. The largest absolute Gasteiger partial charge is 0.482 e. The first-order valence-electron chi connectivity index (χ1n) is 7.99. The molecule has 1 aliphatic heterocycles. The Morgan fingerprint density at radius 2 is 2.08 bits per heavy atom. The SMILES string of the molecule is CN1C(=O)COc2ccc(-c3ccnc(Nc4cccc(F)c4)n3)cc21. The van der Waals surface area contributed by atoms with Crippen molar-refractivity contribution >= 4 is 23.2 Å². The number of nitrogens with one attached hydrogen (secondary N) is 1. The van der Waals surface area contributed by atoms with Gasteiger partial charge >= 0.3 is 0 Å². The van der Waals surface area contributed by atoms with Gasteiger partial charge in [-0.2, -0.15) is 0 Å². The van der Waals surface area contributed by atoms with E-state index in [-0.39, 0.29) is 18.3 Å². The molecule has 7 heteroatoms. The number of carbonyl (C=O) groups is 1.